The van der Waals surface area contributed by atoms with Gasteiger partial charge < -0.3 is 5.73 Å². The van der Waals surface area contributed by atoms with Crippen LogP contribution in [0.3, 0.4) is 0 Å². The zero-order valence-corrected chi connectivity index (χ0v) is 9.65. The van der Waals surface area contributed by atoms with E-state index in [1.54, 1.807) is 6.07 Å². The molecule has 0 aliphatic heterocycles. The number of thioether (sulfide) groups is 1. The third-order valence-corrected chi connectivity index (χ3v) is 3.05. The van der Waals surface area contributed by atoms with E-state index in [4.69, 9.17) is 5.73 Å². The molecule has 0 spiro atoms. The SMILES string of the molecule is CC(N)CC(C)Sc1ccc(F)c(F)c1. The molecule has 0 amide bonds. The molecule has 1 aromatic rings. The van der Waals surface area contributed by atoms with Gasteiger partial charge in [0.2, 0.25) is 0 Å². The standard InChI is InChI=1S/C11H15F2NS/c1-7(14)5-8(2)15-9-3-4-10(12)11(13)6-9/h3-4,6-8H,5,14H2,1-2H3. The highest BCUT2D eigenvalue weighted by Crippen LogP contribution is 2.26. The van der Waals surface area contributed by atoms with Gasteiger partial charge in [-0.15, -0.1) is 11.8 Å². The lowest BCUT2D eigenvalue weighted by Crippen LogP contribution is -2.19. The highest BCUT2D eigenvalue weighted by Gasteiger charge is 2.09. The van der Waals surface area contributed by atoms with E-state index in [-0.39, 0.29) is 6.04 Å². The zero-order valence-electron chi connectivity index (χ0n) is 8.84. The number of benzene rings is 1. The van der Waals surface area contributed by atoms with Gasteiger partial charge in [0, 0.05) is 16.2 Å². The summed E-state index contributed by atoms with van der Waals surface area (Å²) >= 11 is 1.51. The monoisotopic (exact) mass is 231 g/mol. The van der Waals surface area contributed by atoms with Gasteiger partial charge >= 0.3 is 0 Å². The Labute approximate surface area is 93.1 Å². The summed E-state index contributed by atoms with van der Waals surface area (Å²) in [6.07, 6.45) is 0.851. The molecule has 84 valence electrons. The van der Waals surface area contributed by atoms with E-state index in [1.165, 1.54) is 17.8 Å². The molecule has 2 atom stereocenters. The predicted octanol–water partition coefficient (Wildman–Crippen LogP) is 3.18. The fraction of sp³-hybridized carbons (Fsp3) is 0.455. The topological polar surface area (TPSA) is 26.0 Å². The van der Waals surface area contributed by atoms with Gasteiger partial charge in [-0.05, 0) is 31.5 Å². The fourth-order valence-electron chi connectivity index (χ4n) is 1.35. The Bertz CT molecular complexity index is 328. The van der Waals surface area contributed by atoms with Crippen molar-refractivity contribution in [2.45, 2.75) is 36.5 Å². The molecule has 0 fully saturated rings. The predicted molar refractivity (Wildman–Crippen MR) is 59.9 cm³/mol. The Morgan fingerprint density at radius 3 is 2.47 bits per heavy atom. The Morgan fingerprint density at radius 1 is 1.27 bits per heavy atom. The van der Waals surface area contributed by atoms with Crippen LogP contribution in [0.1, 0.15) is 20.3 Å². The van der Waals surface area contributed by atoms with Crippen LogP contribution in [-0.2, 0) is 0 Å². The molecule has 2 unspecified atom stereocenters. The molecule has 0 aromatic heterocycles. The van der Waals surface area contributed by atoms with Crippen LogP contribution >= 0.6 is 11.8 Å². The van der Waals surface area contributed by atoms with E-state index in [0.29, 0.717) is 5.25 Å². The maximum Gasteiger partial charge on any atom is 0.159 e. The van der Waals surface area contributed by atoms with E-state index in [2.05, 4.69) is 0 Å². The molecule has 0 saturated carbocycles. The van der Waals surface area contributed by atoms with E-state index in [9.17, 15) is 8.78 Å². The van der Waals surface area contributed by atoms with Gasteiger partial charge in [-0.3, -0.25) is 0 Å². The van der Waals surface area contributed by atoms with Crippen molar-refractivity contribution in [3.05, 3.63) is 29.8 Å². The van der Waals surface area contributed by atoms with Crippen molar-refractivity contribution in [3.63, 3.8) is 0 Å². The molecule has 0 heterocycles. The van der Waals surface area contributed by atoms with Crippen molar-refractivity contribution < 1.29 is 8.78 Å². The molecule has 0 bridgehead atoms. The molecule has 2 N–H and O–H groups in total. The summed E-state index contributed by atoms with van der Waals surface area (Å²) in [5.74, 6) is -1.60. The molecule has 0 radical (unpaired) electrons. The molecule has 1 nitrogen and oxygen atoms in total. The van der Waals surface area contributed by atoms with Gasteiger partial charge in [-0.25, -0.2) is 8.78 Å². The Hall–Kier alpha value is -0.610. The second-order valence-electron chi connectivity index (χ2n) is 3.72. The maximum absolute atomic E-state index is 12.9. The number of hydrogen-bond acceptors (Lipinski definition) is 2. The quantitative estimate of drug-likeness (QED) is 0.805. The lowest BCUT2D eigenvalue weighted by Gasteiger charge is -2.13. The minimum absolute atomic E-state index is 0.123. The van der Waals surface area contributed by atoms with Gasteiger partial charge in [-0.1, -0.05) is 6.92 Å². The Kier molecular flexibility index (Phi) is 4.54. The number of halogens is 2. The van der Waals surface area contributed by atoms with Crippen LogP contribution in [0.5, 0.6) is 0 Å². The van der Waals surface area contributed by atoms with Gasteiger partial charge in [0.05, 0.1) is 0 Å². The first-order valence-electron chi connectivity index (χ1n) is 4.86. The van der Waals surface area contributed by atoms with Crippen LogP contribution in [0.2, 0.25) is 0 Å². The van der Waals surface area contributed by atoms with Crippen LogP contribution < -0.4 is 5.73 Å². The minimum atomic E-state index is -0.806. The lowest BCUT2D eigenvalue weighted by molar-refractivity contribution is 0.506. The Balaban J connectivity index is 2.60. The van der Waals surface area contributed by atoms with Crippen molar-refractivity contribution in [2.24, 2.45) is 5.73 Å². The highest BCUT2D eigenvalue weighted by atomic mass is 32.2. The number of rotatable bonds is 4. The number of nitrogens with two attached hydrogens (primary N) is 1. The van der Waals surface area contributed by atoms with Crippen LogP contribution in [-0.4, -0.2) is 11.3 Å². The van der Waals surface area contributed by atoms with Gasteiger partial charge in [0.15, 0.2) is 11.6 Å². The normalized spacial score (nSPS) is 15.0. The smallest absolute Gasteiger partial charge is 0.159 e. The van der Waals surface area contributed by atoms with Crippen molar-refractivity contribution in [2.75, 3.05) is 0 Å². The van der Waals surface area contributed by atoms with Crippen LogP contribution in [0, 0.1) is 11.6 Å². The molecule has 1 aromatic carbocycles. The van der Waals surface area contributed by atoms with Crippen molar-refractivity contribution in [3.8, 4) is 0 Å². The third-order valence-electron chi connectivity index (χ3n) is 1.93. The summed E-state index contributed by atoms with van der Waals surface area (Å²) < 4.78 is 25.5. The summed E-state index contributed by atoms with van der Waals surface area (Å²) in [4.78, 5) is 0.738. The second kappa shape index (κ2) is 5.47. The van der Waals surface area contributed by atoms with Crippen molar-refractivity contribution in [1.82, 2.24) is 0 Å². The molecule has 1 rings (SSSR count). The summed E-state index contributed by atoms with van der Waals surface area (Å²) in [6, 6.07) is 4.08. The largest absolute Gasteiger partial charge is 0.328 e. The van der Waals surface area contributed by atoms with E-state index < -0.39 is 11.6 Å². The third kappa shape index (κ3) is 4.18. The number of hydrogen-bond donors (Lipinski definition) is 1. The molecular formula is C11H15F2NS. The molecule has 0 aliphatic rings. The zero-order chi connectivity index (χ0) is 11.4. The van der Waals surface area contributed by atoms with E-state index in [0.717, 1.165) is 17.4 Å². The average molecular weight is 231 g/mol. The maximum atomic E-state index is 12.9. The summed E-state index contributed by atoms with van der Waals surface area (Å²) in [5, 5.41) is 0.301. The summed E-state index contributed by atoms with van der Waals surface area (Å²) in [7, 11) is 0. The lowest BCUT2D eigenvalue weighted by atomic mass is 10.2. The van der Waals surface area contributed by atoms with Crippen LogP contribution in [0.15, 0.2) is 23.1 Å². The van der Waals surface area contributed by atoms with Gasteiger partial charge in [0.1, 0.15) is 0 Å². The van der Waals surface area contributed by atoms with E-state index >= 15 is 0 Å². The molecule has 0 saturated heterocycles. The molecule has 0 aliphatic carbocycles. The summed E-state index contributed by atoms with van der Waals surface area (Å²) in [6.45, 7) is 3.96. The second-order valence-corrected chi connectivity index (χ2v) is 5.23. The molecule has 15 heavy (non-hydrogen) atoms. The van der Waals surface area contributed by atoms with Gasteiger partial charge in [-0.2, -0.15) is 0 Å². The minimum Gasteiger partial charge on any atom is -0.328 e. The average Bonchev–Trinajstić information content (AvgIpc) is 2.10. The van der Waals surface area contributed by atoms with Crippen LogP contribution in [0.4, 0.5) is 8.78 Å². The molecule has 4 heteroatoms. The van der Waals surface area contributed by atoms with Crippen LogP contribution in [0.25, 0.3) is 0 Å². The summed E-state index contributed by atoms with van der Waals surface area (Å²) in [5.41, 5.74) is 5.65. The molecular weight excluding hydrogens is 216 g/mol. The van der Waals surface area contributed by atoms with Crippen molar-refractivity contribution >= 4 is 11.8 Å². The fourth-order valence-corrected chi connectivity index (χ4v) is 2.54. The Morgan fingerprint density at radius 2 is 1.93 bits per heavy atom. The van der Waals surface area contributed by atoms with E-state index in [1.807, 2.05) is 13.8 Å². The van der Waals surface area contributed by atoms with Crippen molar-refractivity contribution in [1.29, 1.82) is 0 Å². The first kappa shape index (κ1) is 12.5. The van der Waals surface area contributed by atoms with Gasteiger partial charge in [0.25, 0.3) is 0 Å². The first-order valence-corrected chi connectivity index (χ1v) is 5.74. The highest BCUT2D eigenvalue weighted by molar-refractivity contribution is 7.99. The first-order chi connectivity index (χ1) is 6.99.